The summed E-state index contributed by atoms with van der Waals surface area (Å²) in [6, 6.07) is 0. The van der Waals surface area contributed by atoms with E-state index in [0.717, 1.165) is 13.1 Å². The largest absolute Gasteiger partial charge is 0.345 e. The average molecular weight is 188 g/mol. The molecule has 2 aliphatic rings. The molecular weight excluding hydrogens is 170 g/mol. The average Bonchev–Trinajstić information content (AvgIpc) is 2.29. The molecule has 0 aromatic heterocycles. The van der Waals surface area contributed by atoms with Crippen LogP contribution in [-0.2, 0) is 0 Å². The van der Waals surface area contributed by atoms with Crippen LogP contribution >= 0.6 is 0 Å². The second-order valence-electron chi connectivity index (χ2n) is 4.29. The van der Waals surface area contributed by atoms with Crippen molar-refractivity contribution in [1.29, 1.82) is 0 Å². The molecule has 2 nitrogen and oxygen atoms in total. The van der Waals surface area contributed by atoms with Gasteiger partial charge in [-0.1, -0.05) is 12.8 Å². The first kappa shape index (κ1) is 10.1. The fourth-order valence-electron chi connectivity index (χ4n) is 2.15. The third kappa shape index (κ3) is 3.08. The summed E-state index contributed by atoms with van der Waals surface area (Å²) in [5.74, 6) is 6.74. The molecule has 0 aromatic rings. The van der Waals surface area contributed by atoms with Gasteiger partial charge >= 0.3 is 13.7 Å². The van der Waals surface area contributed by atoms with E-state index in [9.17, 15) is 0 Å². The summed E-state index contributed by atoms with van der Waals surface area (Å²) in [6.07, 6.45) is 7.79. The van der Waals surface area contributed by atoms with Crippen LogP contribution < -0.4 is 10.5 Å². The van der Waals surface area contributed by atoms with Crippen LogP contribution in [0.5, 0.6) is 0 Å². The standard InChI is InChI=1S/C10H18B2N2/c1-3-9-13-11(5-1)7-8-12-6-2-4-10-14-12/h13-14H,1-6,9-10H2. The first-order valence-corrected chi connectivity index (χ1v) is 5.93. The highest BCUT2D eigenvalue weighted by Gasteiger charge is 2.17. The van der Waals surface area contributed by atoms with Crippen LogP contribution in [-0.4, -0.2) is 26.8 Å². The van der Waals surface area contributed by atoms with Gasteiger partial charge in [0.05, 0.1) is 0 Å². The summed E-state index contributed by atoms with van der Waals surface area (Å²) in [7, 11) is 0. The summed E-state index contributed by atoms with van der Waals surface area (Å²) in [5, 5.41) is 6.91. The molecule has 2 heterocycles. The van der Waals surface area contributed by atoms with E-state index in [1.54, 1.807) is 0 Å². The predicted octanol–water partition coefficient (Wildman–Crippen LogP) is 0.818. The van der Waals surface area contributed by atoms with Crippen LogP contribution in [0.3, 0.4) is 0 Å². The van der Waals surface area contributed by atoms with Crippen LogP contribution in [0.2, 0.25) is 12.6 Å². The molecule has 0 saturated carbocycles. The molecule has 74 valence electrons. The van der Waals surface area contributed by atoms with Gasteiger partial charge in [0, 0.05) is 0 Å². The quantitative estimate of drug-likeness (QED) is 0.434. The Balaban J connectivity index is 1.78. The second-order valence-corrected chi connectivity index (χ2v) is 4.29. The molecule has 0 spiro atoms. The van der Waals surface area contributed by atoms with Gasteiger partial charge in [0.1, 0.15) is 0 Å². The molecule has 2 N–H and O–H groups in total. The second kappa shape index (κ2) is 5.48. The molecule has 2 saturated heterocycles. The molecule has 0 amide bonds. The monoisotopic (exact) mass is 188 g/mol. The van der Waals surface area contributed by atoms with Crippen molar-refractivity contribution < 1.29 is 0 Å². The highest BCUT2D eigenvalue weighted by atomic mass is 14.8. The lowest BCUT2D eigenvalue weighted by Gasteiger charge is -2.17. The highest BCUT2D eigenvalue weighted by Crippen LogP contribution is 2.06. The van der Waals surface area contributed by atoms with Gasteiger partial charge in [-0.25, -0.2) is 0 Å². The maximum Gasteiger partial charge on any atom is 0.307 e. The zero-order valence-corrected chi connectivity index (χ0v) is 8.81. The lowest BCUT2D eigenvalue weighted by molar-refractivity contribution is 0.713. The van der Waals surface area contributed by atoms with Gasteiger partial charge in [0.15, 0.2) is 0 Å². The molecule has 2 aliphatic heterocycles. The molecule has 0 bridgehead atoms. The third-order valence-corrected chi connectivity index (χ3v) is 3.05. The van der Waals surface area contributed by atoms with Crippen LogP contribution in [0.4, 0.5) is 0 Å². The fraction of sp³-hybridized carbons (Fsp3) is 0.800. The fourth-order valence-corrected chi connectivity index (χ4v) is 2.15. The number of hydrogen-bond acceptors (Lipinski definition) is 2. The lowest BCUT2D eigenvalue weighted by atomic mass is 9.52. The van der Waals surface area contributed by atoms with Crippen molar-refractivity contribution in [2.45, 2.75) is 38.3 Å². The maximum atomic E-state index is 3.46. The minimum Gasteiger partial charge on any atom is -0.345 e. The SMILES string of the molecule is C(#CB1CCCCN1)B1CCCCN1. The minimum atomic E-state index is 0.465. The maximum absolute atomic E-state index is 3.46. The third-order valence-electron chi connectivity index (χ3n) is 3.05. The minimum absolute atomic E-state index is 0.465. The normalized spacial score (nSPS) is 22.9. The molecule has 0 atom stereocenters. The smallest absolute Gasteiger partial charge is 0.307 e. The van der Waals surface area contributed by atoms with E-state index < -0.39 is 0 Å². The van der Waals surface area contributed by atoms with Gasteiger partial charge < -0.3 is 10.5 Å². The summed E-state index contributed by atoms with van der Waals surface area (Å²) in [5.41, 5.74) is 0. The number of rotatable bonds is 0. The Bertz CT molecular complexity index is 200. The molecule has 0 aromatic carbocycles. The van der Waals surface area contributed by atoms with Gasteiger partial charge in [-0.15, -0.1) is 11.6 Å². The van der Waals surface area contributed by atoms with Gasteiger partial charge in [0.25, 0.3) is 0 Å². The van der Waals surface area contributed by atoms with E-state index in [2.05, 4.69) is 22.1 Å². The van der Waals surface area contributed by atoms with E-state index in [4.69, 9.17) is 0 Å². The van der Waals surface area contributed by atoms with Crippen molar-refractivity contribution in [3.05, 3.63) is 0 Å². The lowest BCUT2D eigenvalue weighted by Crippen LogP contribution is -2.40. The zero-order valence-electron chi connectivity index (χ0n) is 8.81. The van der Waals surface area contributed by atoms with Gasteiger partial charge in [-0.3, -0.25) is 0 Å². The molecule has 4 heteroatoms. The van der Waals surface area contributed by atoms with Gasteiger partial charge in [-0.2, -0.15) is 0 Å². The van der Waals surface area contributed by atoms with E-state index in [1.807, 2.05) is 0 Å². The van der Waals surface area contributed by atoms with Crippen molar-refractivity contribution in [3.8, 4) is 11.6 Å². The summed E-state index contributed by atoms with van der Waals surface area (Å²) < 4.78 is 0. The summed E-state index contributed by atoms with van der Waals surface area (Å²) >= 11 is 0. The van der Waals surface area contributed by atoms with Crippen LogP contribution in [0.15, 0.2) is 0 Å². The van der Waals surface area contributed by atoms with E-state index in [-0.39, 0.29) is 0 Å². The van der Waals surface area contributed by atoms with Crippen molar-refractivity contribution in [3.63, 3.8) is 0 Å². The molecule has 2 fully saturated rings. The molecule has 0 radical (unpaired) electrons. The predicted molar refractivity (Wildman–Crippen MR) is 63.4 cm³/mol. The van der Waals surface area contributed by atoms with E-state index >= 15 is 0 Å². The molecular formula is C10H18B2N2. The van der Waals surface area contributed by atoms with Crippen molar-refractivity contribution >= 4 is 13.7 Å². The topological polar surface area (TPSA) is 24.1 Å². The van der Waals surface area contributed by atoms with Gasteiger partial charge in [-0.05, 0) is 38.6 Å². The Morgan fingerprint density at radius 2 is 1.21 bits per heavy atom. The number of hydrogen-bond donors (Lipinski definition) is 2. The van der Waals surface area contributed by atoms with Crippen molar-refractivity contribution in [2.75, 3.05) is 13.1 Å². The Morgan fingerprint density at radius 1 is 0.714 bits per heavy atom. The number of nitrogens with one attached hydrogen (secondary N) is 2. The van der Waals surface area contributed by atoms with Crippen LogP contribution in [0, 0.1) is 11.6 Å². The van der Waals surface area contributed by atoms with E-state index in [0.29, 0.717) is 13.7 Å². The Kier molecular flexibility index (Phi) is 3.97. The van der Waals surface area contributed by atoms with Crippen molar-refractivity contribution in [2.24, 2.45) is 0 Å². The van der Waals surface area contributed by atoms with Crippen molar-refractivity contribution in [1.82, 2.24) is 10.5 Å². The Labute approximate surface area is 87.8 Å². The van der Waals surface area contributed by atoms with Crippen LogP contribution in [0.1, 0.15) is 25.7 Å². The summed E-state index contributed by atoms with van der Waals surface area (Å²) in [4.78, 5) is 0. The summed E-state index contributed by atoms with van der Waals surface area (Å²) in [6.45, 7) is 3.23. The Hall–Kier alpha value is -0.390. The Morgan fingerprint density at radius 3 is 1.57 bits per heavy atom. The van der Waals surface area contributed by atoms with E-state index in [1.165, 1.54) is 38.3 Å². The first-order chi connectivity index (χ1) is 6.95. The highest BCUT2D eigenvalue weighted by molar-refractivity contribution is 6.71. The van der Waals surface area contributed by atoms with Gasteiger partial charge in [0.2, 0.25) is 0 Å². The first-order valence-electron chi connectivity index (χ1n) is 5.93. The molecule has 14 heavy (non-hydrogen) atoms. The van der Waals surface area contributed by atoms with Crippen LogP contribution in [0.25, 0.3) is 0 Å². The molecule has 0 aliphatic carbocycles. The molecule has 0 unspecified atom stereocenters. The molecule has 2 rings (SSSR count). The zero-order chi connectivity index (χ0) is 9.64.